The SMILES string of the molecule is CCNCC(C)c1c(C)nn(-c2ccc(F)cc2C)c1C. The third-order valence-corrected chi connectivity index (χ3v) is 3.93. The molecule has 2 aromatic rings. The van der Waals surface area contributed by atoms with Crippen LogP contribution in [0.2, 0.25) is 0 Å². The highest BCUT2D eigenvalue weighted by Gasteiger charge is 2.18. The fraction of sp³-hybridized carbons (Fsp3) is 0.471. The first-order chi connectivity index (χ1) is 9.95. The van der Waals surface area contributed by atoms with Crippen LogP contribution in [0.15, 0.2) is 18.2 Å². The van der Waals surface area contributed by atoms with Gasteiger partial charge in [-0.2, -0.15) is 5.10 Å². The number of nitrogens with one attached hydrogen (secondary N) is 1. The number of hydrogen-bond donors (Lipinski definition) is 1. The molecule has 3 nitrogen and oxygen atoms in total. The van der Waals surface area contributed by atoms with E-state index in [1.165, 1.54) is 11.6 Å². The minimum Gasteiger partial charge on any atom is -0.316 e. The molecule has 0 spiro atoms. The van der Waals surface area contributed by atoms with Gasteiger partial charge in [0.25, 0.3) is 0 Å². The Morgan fingerprint density at radius 1 is 1.29 bits per heavy atom. The lowest BCUT2D eigenvalue weighted by Crippen LogP contribution is -2.20. The maximum Gasteiger partial charge on any atom is 0.123 e. The van der Waals surface area contributed by atoms with Gasteiger partial charge in [0.05, 0.1) is 11.4 Å². The monoisotopic (exact) mass is 289 g/mol. The molecule has 1 atom stereocenters. The summed E-state index contributed by atoms with van der Waals surface area (Å²) >= 11 is 0. The molecule has 0 amide bonds. The quantitative estimate of drug-likeness (QED) is 0.910. The number of halogens is 1. The lowest BCUT2D eigenvalue weighted by Gasteiger charge is -2.13. The topological polar surface area (TPSA) is 29.9 Å². The van der Waals surface area contributed by atoms with Crippen LogP contribution in [-0.2, 0) is 0 Å². The highest BCUT2D eigenvalue weighted by atomic mass is 19.1. The Morgan fingerprint density at radius 3 is 2.62 bits per heavy atom. The van der Waals surface area contributed by atoms with E-state index < -0.39 is 0 Å². The Balaban J connectivity index is 2.43. The van der Waals surface area contributed by atoms with Gasteiger partial charge in [-0.05, 0) is 57.0 Å². The molecule has 0 aliphatic carbocycles. The lowest BCUT2D eigenvalue weighted by atomic mass is 9.99. The number of benzene rings is 1. The largest absolute Gasteiger partial charge is 0.316 e. The summed E-state index contributed by atoms with van der Waals surface area (Å²) in [6.07, 6.45) is 0. The van der Waals surface area contributed by atoms with Crippen molar-refractivity contribution in [3.8, 4) is 5.69 Å². The molecule has 1 aromatic heterocycles. The molecule has 21 heavy (non-hydrogen) atoms. The minimum absolute atomic E-state index is 0.210. The van der Waals surface area contributed by atoms with E-state index in [1.807, 2.05) is 18.5 Å². The molecular formula is C17H24FN3. The van der Waals surface area contributed by atoms with Gasteiger partial charge in [-0.1, -0.05) is 13.8 Å². The summed E-state index contributed by atoms with van der Waals surface area (Å²) in [6, 6.07) is 4.83. The summed E-state index contributed by atoms with van der Waals surface area (Å²) in [6.45, 7) is 12.3. The average Bonchev–Trinajstić information content (AvgIpc) is 2.71. The van der Waals surface area contributed by atoms with Crippen molar-refractivity contribution < 1.29 is 4.39 Å². The number of aromatic nitrogens is 2. The number of aryl methyl sites for hydroxylation is 2. The number of rotatable bonds is 5. The van der Waals surface area contributed by atoms with Crippen LogP contribution in [0.3, 0.4) is 0 Å². The predicted octanol–water partition coefficient (Wildman–Crippen LogP) is 3.65. The van der Waals surface area contributed by atoms with Gasteiger partial charge < -0.3 is 5.32 Å². The van der Waals surface area contributed by atoms with E-state index in [0.717, 1.165) is 35.7 Å². The fourth-order valence-electron chi connectivity index (χ4n) is 2.92. The van der Waals surface area contributed by atoms with Gasteiger partial charge >= 0.3 is 0 Å². The van der Waals surface area contributed by atoms with Crippen LogP contribution in [0.1, 0.15) is 42.3 Å². The Hall–Kier alpha value is -1.68. The van der Waals surface area contributed by atoms with Crippen LogP contribution in [0.4, 0.5) is 4.39 Å². The van der Waals surface area contributed by atoms with E-state index in [9.17, 15) is 4.39 Å². The molecular weight excluding hydrogens is 265 g/mol. The van der Waals surface area contributed by atoms with Crippen LogP contribution in [0.25, 0.3) is 5.69 Å². The molecule has 4 heteroatoms. The zero-order chi connectivity index (χ0) is 15.6. The fourth-order valence-corrected chi connectivity index (χ4v) is 2.92. The average molecular weight is 289 g/mol. The minimum atomic E-state index is -0.210. The van der Waals surface area contributed by atoms with Crippen molar-refractivity contribution in [2.75, 3.05) is 13.1 Å². The first-order valence-electron chi connectivity index (χ1n) is 7.49. The third kappa shape index (κ3) is 3.16. The molecule has 0 radical (unpaired) electrons. The summed E-state index contributed by atoms with van der Waals surface area (Å²) in [7, 11) is 0. The molecule has 0 bridgehead atoms. The summed E-state index contributed by atoms with van der Waals surface area (Å²) in [5, 5.41) is 8.05. The van der Waals surface area contributed by atoms with Crippen molar-refractivity contribution in [2.45, 2.75) is 40.5 Å². The van der Waals surface area contributed by atoms with Crippen LogP contribution >= 0.6 is 0 Å². The Labute approximate surface area is 126 Å². The molecule has 0 aliphatic rings. The Morgan fingerprint density at radius 2 is 2.00 bits per heavy atom. The predicted molar refractivity (Wildman–Crippen MR) is 84.7 cm³/mol. The summed E-state index contributed by atoms with van der Waals surface area (Å²) in [4.78, 5) is 0. The second kappa shape index (κ2) is 6.39. The second-order valence-corrected chi connectivity index (χ2v) is 5.64. The molecule has 1 aromatic carbocycles. The first kappa shape index (κ1) is 15.7. The van der Waals surface area contributed by atoms with E-state index in [0.29, 0.717) is 5.92 Å². The maximum absolute atomic E-state index is 13.3. The normalized spacial score (nSPS) is 12.7. The summed E-state index contributed by atoms with van der Waals surface area (Å²) < 4.78 is 15.2. The van der Waals surface area contributed by atoms with Gasteiger partial charge in [-0.3, -0.25) is 0 Å². The van der Waals surface area contributed by atoms with Crippen molar-refractivity contribution in [2.24, 2.45) is 0 Å². The van der Waals surface area contributed by atoms with Gasteiger partial charge in [0, 0.05) is 17.8 Å². The van der Waals surface area contributed by atoms with Gasteiger partial charge in [-0.15, -0.1) is 0 Å². The molecule has 1 unspecified atom stereocenters. The summed E-state index contributed by atoms with van der Waals surface area (Å²) in [5.74, 6) is 0.193. The van der Waals surface area contributed by atoms with Crippen LogP contribution in [0, 0.1) is 26.6 Å². The van der Waals surface area contributed by atoms with Crippen molar-refractivity contribution in [1.29, 1.82) is 0 Å². The van der Waals surface area contributed by atoms with Gasteiger partial charge in [0.15, 0.2) is 0 Å². The Kier molecular flexibility index (Phi) is 4.78. The van der Waals surface area contributed by atoms with E-state index in [2.05, 4.69) is 31.2 Å². The van der Waals surface area contributed by atoms with Crippen molar-refractivity contribution in [1.82, 2.24) is 15.1 Å². The standard InChI is InChI=1S/C17H24FN3/c1-6-19-10-12(3)17-13(4)20-21(14(17)5)16-8-7-15(18)9-11(16)2/h7-9,12,19H,6,10H2,1-5H3. The number of nitrogens with zero attached hydrogens (tertiary/aromatic N) is 2. The van der Waals surface area contributed by atoms with Gasteiger partial charge in [0.1, 0.15) is 5.82 Å². The molecule has 0 aliphatic heterocycles. The summed E-state index contributed by atoms with van der Waals surface area (Å²) in [5.41, 5.74) is 5.29. The van der Waals surface area contributed by atoms with Crippen LogP contribution < -0.4 is 5.32 Å². The zero-order valence-electron chi connectivity index (χ0n) is 13.5. The zero-order valence-corrected chi connectivity index (χ0v) is 13.5. The van der Waals surface area contributed by atoms with E-state index in [1.54, 1.807) is 12.1 Å². The maximum atomic E-state index is 13.3. The van der Waals surface area contributed by atoms with Gasteiger partial charge in [-0.25, -0.2) is 9.07 Å². The smallest absolute Gasteiger partial charge is 0.123 e. The van der Waals surface area contributed by atoms with Crippen LogP contribution in [0.5, 0.6) is 0 Å². The Bertz CT molecular complexity index is 631. The molecule has 114 valence electrons. The second-order valence-electron chi connectivity index (χ2n) is 5.64. The van der Waals surface area contributed by atoms with Crippen molar-refractivity contribution in [3.63, 3.8) is 0 Å². The highest BCUT2D eigenvalue weighted by molar-refractivity contribution is 5.44. The molecule has 1 N–H and O–H groups in total. The number of hydrogen-bond acceptors (Lipinski definition) is 2. The molecule has 1 heterocycles. The molecule has 0 saturated heterocycles. The molecule has 2 rings (SSSR count). The van der Waals surface area contributed by atoms with E-state index in [-0.39, 0.29) is 5.82 Å². The third-order valence-electron chi connectivity index (χ3n) is 3.93. The number of likely N-dealkylation sites (N-methyl/N-ethyl adjacent to an activating group) is 1. The molecule has 0 saturated carbocycles. The van der Waals surface area contributed by atoms with E-state index in [4.69, 9.17) is 0 Å². The van der Waals surface area contributed by atoms with Crippen molar-refractivity contribution >= 4 is 0 Å². The van der Waals surface area contributed by atoms with E-state index >= 15 is 0 Å². The van der Waals surface area contributed by atoms with Crippen LogP contribution in [-0.4, -0.2) is 22.9 Å². The lowest BCUT2D eigenvalue weighted by molar-refractivity contribution is 0.625. The van der Waals surface area contributed by atoms with Crippen molar-refractivity contribution in [3.05, 3.63) is 46.5 Å². The van der Waals surface area contributed by atoms with Gasteiger partial charge in [0.2, 0.25) is 0 Å². The molecule has 0 fully saturated rings. The highest BCUT2D eigenvalue weighted by Crippen LogP contribution is 2.26. The first-order valence-corrected chi connectivity index (χ1v) is 7.49.